The first-order chi connectivity index (χ1) is 12.8. The highest BCUT2D eigenvalue weighted by molar-refractivity contribution is 5.96. The molecular weight excluding hydrogens is 342 g/mol. The molecule has 3 rings (SSSR count). The first-order valence-electron chi connectivity index (χ1n) is 9.02. The molecule has 27 heavy (non-hydrogen) atoms. The third-order valence-corrected chi connectivity index (χ3v) is 4.96. The summed E-state index contributed by atoms with van der Waals surface area (Å²) in [5.41, 5.74) is 4.43. The van der Waals surface area contributed by atoms with E-state index in [4.69, 9.17) is 4.74 Å². The smallest absolute Gasteiger partial charge is 0.328 e. The number of imidazole rings is 1. The minimum Gasteiger partial charge on any atom is -0.481 e. The van der Waals surface area contributed by atoms with E-state index in [1.54, 1.807) is 35.4 Å². The van der Waals surface area contributed by atoms with Gasteiger partial charge < -0.3 is 10.1 Å². The van der Waals surface area contributed by atoms with Crippen molar-refractivity contribution in [2.75, 3.05) is 5.32 Å². The average molecular weight is 367 g/mol. The van der Waals surface area contributed by atoms with Crippen LogP contribution >= 0.6 is 0 Å². The number of carbonyl (C=O) groups excluding carboxylic acids is 1. The second kappa shape index (κ2) is 7.31. The van der Waals surface area contributed by atoms with Gasteiger partial charge in [-0.2, -0.15) is 0 Å². The Hall–Kier alpha value is -3.02. The van der Waals surface area contributed by atoms with Crippen LogP contribution in [-0.2, 0) is 18.9 Å². The minimum absolute atomic E-state index is 0.0991. The number of nitrogens with one attached hydrogen (secondary N) is 1. The summed E-state index contributed by atoms with van der Waals surface area (Å²) in [5.74, 6) is 0.469. The molecule has 1 N–H and O–H groups in total. The molecule has 0 saturated carbocycles. The Kier molecular flexibility index (Phi) is 5.08. The van der Waals surface area contributed by atoms with Crippen LogP contribution < -0.4 is 15.7 Å². The summed E-state index contributed by atoms with van der Waals surface area (Å²) in [6, 6.07) is 11.2. The Morgan fingerprint density at radius 3 is 2.41 bits per heavy atom. The number of hydrogen-bond acceptors (Lipinski definition) is 3. The predicted molar refractivity (Wildman–Crippen MR) is 107 cm³/mol. The lowest BCUT2D eigenvalue weighted by molar-refractivity contribution is -0.122. The second-order valence-corrected chi connectivity index (χ2v) is 6.85. The third-order valence-electron chi connectivity index (χ3n) is 4.96. The summed E-state index contributed by atoms with van der Waals surface area (Å²) in [6.45, 7) is 5.97. The molecule has 1 unspecified atom stereocenters. The number of carbonyl (C=O) groups is 1. The zero-order valence-corrected chi connectivity index (χ0v) is 16.4. The van der Waals surface area contributed by atoms with Gasteiger partial charge in [0.2, 0.25) is 0 Å². The van der Waals surface area contributed by atoms with E-state index < -0.39 is 6.10 Å². The largest absolute Gasteiger partial charge is 0.481 e. The van der Waals surface area contributed by atoms with E-state index in [0.29, 0.717) is 17.9 Å². The van der Waals surface area contributed by atoms with Crippen molar-refractivity contribution in [1.29, 1.82) is 0 Å². The predicted octanol–water partition coefficient (Wildman–Crippen LogP) is 3.29. The third kappa shape index (κ3) is 3.60. The number of rotatable bonds is 5. The molecule has 0 fully saturated rings. The Morgan fingerprint density at radius 2 is 1.74 bits per heavy atom. The molecule has 0 aliphatic rings. The maximum atomic E-state index is 12.7. The van der Waals surface area contributed by atoms with Crippen LogP contribution in [0.5, 0.6) is 5.75 Å². The molecule has 1 amide bonds. The average Bonchev–Trinajstić information content (AvgIpc) is 2.86. The van der Waals surface area contributed by atoms with E-state index in [9.17, 15) is 9.59 Å². The molecule has 6 heteroatoms. The molecule has 1 aromatic heterocycles. The summed E-state index contributed by atoms with van der Waals surface area (Å²) in [6.07, 6.45) is -0.0486. The number of benzene rings is 2. The Labute approximate surface area is 158 Å². The molecule has 1 atom stereocenters. The fourth-order valence-electron chi connectivity index (χ4n) is 3.08. The fourth-order valence-corrected chi connectivity index (χ4v) is 3.08. The molecule has 142 valence electrons. The van der Waals surface area contributed by atoms with Crippen molar-refractivity contribution in [3.63, 3.8) is 0 Å². The van der Waals surface area contributed by atoms with Crippen LogP contribution in [0.3, 0.4) is 0 Å². The molecule has 0 aliphatic carbocycles. The topological polar surface area (TPSA) is 65.3 Å². The molecule has 1 heterocycles. The van der Waals surface area contributed by atoms with E-state index >= 15 is 0 Å². The summed E-state index contributed by atoms with van der Waals surface area (Å²) in [7, 11) is 3.45. The van der Waals surface area contributed by atoms with Gasteiger partial charge in [0.1, 0.15) is 5.75 Å². The first-order valence-corrected chi connectivity index (χ1v) is 9.02. The van der Waals surface area contributed by atoms with Crippen molar-refractivity contribution < 1.29 is 9.53 Å². The molecule has 2 aromatic carbocycles. The molecule has 0 radical (unpaired) electrons. The van der Waals surface area contributed by atoms with Crippen LogP contribution in [0, 0.1) is 13.8 Å². The van der Waals surface area contributed by atoms with Crippen LogP contribution in [0.15, 0.2) is 41.2 Å². The number of fused-ring (bicyclic) bond motifs is 1. The van der Waals surface area contributed by atoms with E-state index in [0.717, 1.165) is 16.6 Å². The first kappa shape index (κ1) is 18.8. The highest BCUT2D eigenvalue weighted by Crippen LogP contribution is 2.21. The number of nitrogens with zero attached hydrogens (tertiary/aromatic N) is 2. The van der Waals surface area contributed by atoms with E-state index in [2.05, 4.69) is 5.32 Å². The number of hydrogen-bond donors (Lipinski definition) is 1. The molecule has 3 aromatic rings. The van der Waals surface area contributed by atoms with Gasteiger partial charge in [0.05, 0.1) is 11.0 Å². The number of ether oxygens (including phenoxy) is 1. The number of aromatic nitrogens is 2. The van der Waals surface area contributed by atoms with Crippen LogP contribution in [0.25, 0.3) is 11.0 Å². The Morgan fingerprint density at radius 1 is 1.04 bits per heavy atom. The van der Waals surface area contributed by atoms with Crippen molar-refractivity contribution in [3.8, 4) is 5.75 Å². The number of amides is 1. The zero-order chi connectivity index (χ0) is 19.7. The van der Waals surface area contributed by atoms with Gasteiger partial charge in [0.25, 0.3) is 5.91 Å². The highest BCUT2D eigenvalue weighted by atomic mass is 16.5. The van der Waals surface area contributed by atoms with Crippen molar-refractivity contribution in [3.05, 3.63) is 58.0 Å². The standard InChI is InChI=1S/C21H25N3O3/c1-6-19(27-16-9-7-13(2)14(3)11-16)20(25)22-15-8-10-17-18(12-15)24(5)21(26)23(17)4/h7-12,19H,6H2,1-5H3,(H,22,25). The van der Waals surface area contributed by atoms with Crippen LogP contribution in [0.1, 0.15) is 24.5 Å². The summed E-state index contributed by atoms with van der Waals surface area (Å²) in [4.78, 5) is 24.7. The zero-order valence-electron chi connectivity index (χ0n) is 16.4. The summed E-state index contributed by atoms with van der Waals surface area (Å²) in [5, 5.41) is 2.90. The highest BCUT2D eigenvalue weighted by Gasteiger charge is 2.19. The van der Waals surface area contributed by atoms with Crippen molar-refractivity contribution in [2.24, 2.45) is 14.1 Å². The Balaban J connectivity index is 1.80. The summed E-state index contributed by atoms with van der Waals surface area (Å²) < 4.78 is 9.04. The molecule has 0 spiro atoms. The number of anilines is 1. The van der Waals surface area contributed by atoms with Gasteiger partial charge in [0.15, 0.2) is 6.10 Å². The van der Waals surface area contributed by atoms with Gasteiger partial charge in [-0.15, -0.1) is 0 Å². The lowest BCUT2D eigenvalue weighted by Crippen LogP contribution is -2.32. The molecule has 0 aliphatic heterocycles. The van der Waals surface area contributed by atoms with Crippen LogP contribution in [0.4, 0.5) is 5.69 Å². The van der Waals surface area contributed by atoms with Crippen molar-refractivity contribution in [2.45, 2.75) is 33.3 Å². The van der Waals surface area contributed by atoms with Gasteiger partial charge in [-0.05, 0) is 61.7 Å². The van der Waals surface area contributed by atoms with Gasteiger partial charge in [-0.3, -0.25) is 13.9 Å². The maximum Gasteiger partial charge on any atom is 0.328 e. The summed E-state index contributed by atoms with van der Waals surface area (Å²) >= 11 is 0. The Bertz CT molecular complexity index is 1060. The van der Waals surface area contributed by atoms with Crippen molar-refractivity contribution in [1.82, 2.24) is 9.13 Å². The van der Waals surface area contributed by atoms with E-state index in [1.165, 1.54) is 5.56 Å². The maximum absolute atomic E-state index is 12.7. The molecule has 0 bridgehead atoms. The van der Waals surface area contributed by atoms with Crippen molar-refractivity contribution >= 4 is 22.6 Å². The van der Waals surface area contributed by atoms with Crippen LogP contribution in [-0.4, -0.2) is 21.1 Å². The van der Waals surface area contributed by atoms with E-state index in [1.807, 2.05) is 45.0 Å². The molecular formula is C21H25N3O3. The van der Waals surface area contributed by atoms with Gasteiger partial charge in [-0.25, -0.2) is 4.79 Å². The van der Waals surface area contributed by atoms with Gasteiger partial charge in [-0.1, -0.05) is 13.0 Å². The van der Waals surface area contributed by atoms with E-state index in [-0.39, 0.29) is 11.6 Å². The SMILES string of the molecule is CCC(Oc1ccc(C)c(C)c1)C(=O)Nc1ccc2c(c1)n(C)c(=O)n2C. The lowest BCUT2D eigenvalue weighted by Gasteiger charge is -2.18. The van der Waals surface area contributed by atoms with Gasteiger partial charge in [0, 0.05) is 19.8 Å². The fraction of sp³-hybridized carbons (Fsp3) is 0.333. The monoisotopic (exact) mass is 367 g/mol. The lowest BCUT2D eigenvalue weighted by atomic mass is 10.1. The van der Waals surface area contributed by atoms with Gasteiger partial charge >= 0.3 is 5.69 Å². The minimum atomic E-state index is -0.595. The van der Waals surface area contributed by atoms with Crippen LogP contribution in [0.2, 0.25) is 0 Å². The normalized spacial score (nSPS) is 12.2. The molecule has 0 saturated heterocycles. The number of aryl methyl sites for hydroxylation is 4. The molecule has 6 nitrogen and oxygen atoms in total. The quantitative estimate of drug-likeness (QED) is 0.753. The second-order valence-electron chi connectivity index (χ2n) is 6.85.